The molecule has 1 unspecified atom stereocenters. The maximum atomic E-state index is 11.2. The van der Waals surface area contributed by atoms with E-state index in [1.807, 2.05) is 111 Å². The number of benzene rings is 4. The number of hydrogen-bond acceptors (Lipinski definition) is 6. The van der Waals surface area contributed by atoms with Crippen LogP contribution in [0.1, 0.15) is 30.4 Å². The van der Waals surface area contributed by atoms with Crippen molar-refractivity contribution in [3.63, 3.8) is 0 Å². The fourth-order valence-electron chi connectivity index (χ4n) is 5.16. The van der Waals surface area contributed by atoms with Crippen LogP contribution in [-0.2, 0) is 16.1 Å². The summed E-state index contributed by atoms with van der Waals surface area (Å²) in [6.07, 6.45) is 8.83. The number of ether oxygens (including phenoxy) is 2. The van der Waals surface area contributed by atoms with E-state index in [0.29, 0.717) is 29.2 Å². The molecule has 1 N–H and O–H groups in total. The summed E-state index contributed by atoms with van der Waals surface area (Å²) in [5.41, 5.74) is 0.538. The molecule has 4 aromatic carbocycles. The van der Waals surface area contributed by atoms with Crippen LogP contribution in [0.5, 0.6) is 34.5 Å². The molecular weight excluding hydrogens is 573 g/mol. The fraction of sp³-hybridized carbons (Fsp3) is 0.257. The van der Waals surface area contributed by atoms with E-state index >= 15 is 0 Å². The standard InChI is InChI=1S/C35H38O6Si2/c1-6-35(36)26-8-7-9-27-10-14-29(15-11-27)37-31-18-22-33(23-19-31)39-42(2,3)41-43(4,5)40-34-24-20-32(21-25-34)38-30-16-12-28(35)13-17-30/h1,10-25,36H,7-9,26H2,2-5H3. The summed E-state index contributed by atoms with van der Waals surface area (Å²) in [6.45, 7) is 8.05. The average Bonchev–Trinajstić information content (AvgIpc) is 2.97. The molecule has 0 saturated heterocycles. The second-order valence-electron chi connectivity index (χ2n) is 11.6. The van der Waals surface area contributed by atoms with Gasteiger partial charge in [0.1, 0.15) is 34.5 Å². The third kappa shape index (κ3) is 8.30. The van der Waals surface area contributed by atoms with Crippen molar-refractivity contribution in [1.29, 1.82) is 0 Å². The summed E-state index contributed by atoms with van der Waals surface area (Å²) in [6, 6.07) is 30.4. The minimum atomic E-state index is -2.59. The Kier molecular flexibility index (Phi) is 8.99. The van der Waals surface area contributed by atoms with Gasteiger partial charge in [-0.25, -0.2) is 0 Å². The minimum absolute atomic E-state index is 0.467. The van der Waals surface area contributed by atoms with Gasteiger partial charge in [0, 0.05) is 0 Å². The van der Waals surface area contributed by atoms with Crippen LogP contribution >= 0.6 is 0 Å². The van der Waals surface area contributed by atoms with Crippen molar-refractivity contribution < 1.29 is 27.5 Å². The smallest absolute Gasteiger partial charge is 0.384 e. The second-order valence-corrected chi connectivity index (χ2v) is 18.5. The zero-order valence-corrected chi connectivity index (χ0v) is 27.1. The van der Waals surface area contributed by atoms with Crippen molar-refractivity contribution in [2.45, 2.75) is 57.5 Å². The summed E-state index contributed by atoms with van der Waals surface area (Å²) >= 11 is 0. The van der Waals surface area contributed by atoms with E-state index in [9.17, 15) is 5.11 Å². The molecule has 0 fully saturated rings. The SMILES string of the molecule is C#CC1(O)CCCCc2ccc(cc2)Oc2ccc(cc2)O[Si](C)(C)O[Si](C)(C)Oc2ccc(cc2)Oc2ccc1cc2. The number of aliphatic hydroxyl groups is 1. The van der Waals surface area contributed by atoms with E-state index in [1.54, 1.807) is 0 Å². The monoisotopic (exact) mass is 610 g/mol. The average molecular weight is 611 g/mol. The molecule has 6 nitrogen and oxygen atoms in total. The molecule has 8 heteroatoms. The molecule has 4 aromatic rings. The highest BCUT2D eigenvalue weighted by Gasteiger charge is 2.39. The quantitative estimate of drug-likeness (QED) is 0.159. The lowest BCUT2D eigenvalue weighted by Crippen LogP contribution is -2.52. The first-order valence-corrected chi connectivity index (χ1v) is 20.2. The van der Waals surface area contributed by atoms with Gasteiger partial charge in [-0.2, -0.15) is 0 Å². The van der Waals surface area contributed by atoms with E-state index in [-0.39, 0.29) is 0 Å². The molecule has 8 bridgehead atoms. The topological polar surface area (TPSA) is 66.4 Å². The zero-order valence-electron chi connectivity index (χ0n) is 25.1. The Morgan fingerprint density at radius 1 is 0.605 bits per heavy atom. The Balaban J connectivity index is 1.37. The summed E-state index contributed by atoms with van der Waals surface area (Å²) in [5.74, 6) is 6.83. The van der Waals surface area contributed by atoms with Gasteiger partial charge in [-0.3, -0.25) is 0 Å². The Morgan fingerprint density at radius 3 is 1.44 bits per heavy atom. The van der Waals surface area contributed by atoms with Crippen LogP contribution in [0.25, 0.3) is 0 Å². The van der Waals surface area contributed by atoms with E-state index in [4.69, 9.17) is 28.9 Å². The maximum Gasteiger partial charge on any atom is 0.384 e. The van der Waals surface area contributed by atoms with Crippen molar-refractivity contribution in [2.75, 3.05) is 0 Å². The molecule has 7 heterocycles. The molecule has 222 valence electrons. The van der Waals surface area contributed by atoms with Crippen molar-refractivity contribution in [3.8, 4) is 46.8 Å². The first-order chi connectivity index (χ1) is 20.5. The molecule has 7 aliphatic heterocycles. The van der Waals surface area contributed by atoms with Crippen LogP contribution in [0, 0.1) is 12.3 Å². The zero-order chi connectivity index (χ0) is 30.5. The third-order valence-corrected chi connectivity index (χ3v) is 12.5. The second kappa shape index (κ2) is 12.7. The number of rotatable bonds is 0. The predicted molar refractivity (Wildman–Crippen MR) is 174 cm³/mol. The van der Waals surface area contributed by atoms with E-state index in [2.05, 4.69) is 18.1 Å². The number of hydrogen-bond donors (Lipinski definition) is 1. The number of aryl methyl sites for hydroxylation is 1. The van der Waals surface area contributed by atoms with Gasteiger partial charge in [-0.1, -0.05) is 30.2 Å². The summed E-state index contributed by atoms with van der Waals surface area (Å²) in [4.78, 5) is 0. The minimum Gasteiger partial charge on any atom is -0.521 e. The van der Waals surface area contributed by atoms with E-state index in [1.165, 1.54) is 5.56 Å². The molecule has 0 amide bonds. The highest BCUT2D eigenvalue weighted by atomic mass is 28.5. The third-order valence-electron chi connectivity index (χ3n) is 7.09. The highest BCUT2D eigenvalue weighted by molar-refractivity contribution is 6.79. The van der Waals surface area contributed by atoms with Crippen molar-refractivity contribution in [3.05, 3.63) is 108 Å². The molecule has 0 radical (unpaired) electrons. The first kappa shape index (κ1) is 30.5. The fourth-order valence-corrected chi connectivity index (χ4v) is 11.6. The molecule has 0 aliphatic carbocycles. The molecule has 7 aliphatic rings. The van der Waals surface area contributed by atoms with Gasteiger partial charge in [0.2, 0.25) is 0 Å². The Hall–Kier alpha value is -4.01. The van der Waals surface area contributed by atoms with Crippen molar-refractivity contribution >= 4 is 17.1 Å². The van der Waals surface area contributed by atoms with Crippen LogP contribution in [0.3, 0.4) is 0 Å². The van der Waals surface area contributed by atoms with Gasteiger partial charge < -0.3 is 27.5 Å². The Bertz CT molecular complexity index is 1540. The lowest BCUT2D eigenvalue weighted by Gasteiger charge is -2.33. The molecule has 0 saturated carbocycles. The summed E-state index contributed by atoms with van der Waals surface area (Å²) < 4.78 is 31.2. The van der Waals surface area contributed by atoms with Gasteiger partial charge >= 0.3 is 17.1 Å². The van der Waals surface area contributed by atoms with Gasteiger partial charge in [-0.15, -0.1) is 6.42 Å². The Morgan fingerprint density at radius 2 is 1.00 bits per heavy atom. The van der Waals surface area contributed by atoms with Gasteiger partial charge in [0.25, 0.3) is 0 Å². The van der Waals surface area contributed by atoms with Crippen molar-refractivity contribution in [1.82, 2.24) is 0 Å². The van der Waals surface area contributed by atoms with E-state index in [0.717, 1.165) is 36.5 Å². The van der Waals surface area contributed by atoms with E-state index < -0.39 is 22.7 Å². The van der Waals surface area contributed by atoms with Crippen molar-refractivity contribution in [2.24, 2.45) is 0 Å². The van der Waals surface area contributed by atoms with Gasteiger partial charge in [0.05, 0.1) is 0 Å². The molecule has 43 heavy (non-hydrogen) atoms. The molecule has 0 aromatic heterocycles. The molecule has 0 spiro atoms. The maximum absolute atomic E-state index is 11.2. The van der Waals surface area contributed by atoms with Crippen LogP contribution in [-0.4, -0.2) is 22.2 Å². The lowest BCUT2D eigenvalue weighted by molar-refractivity contribution is 0.0873. The first-order valence-electron chi connectivity index (χ1n) is 14.5. The summed E-state index contributed by atoms with van der Waals surface area (Å²) in [5, 5.41) is 11.2. The van der Waals surface area contributed by atoms with Crippen LogP contribution < -0.4 is 18.3 Å². The Labute approximate surface area is 256 Å². The number of terminal acetylenes is 1. The molecule has 1 atom stereocenters. The van der Waals surface area contributed by atoms with Crippen LogP contribution in [0.15, 0.2) is 97.1 Å². The largest absolute Gasteiger partial charge is 0.521 e. The lowest BCUT2D eigenvalue weighted by atomic mass is 9.88. The normalized spacial score (nSPS) is 20.0. The molecule has 11 rings (SSSR count). The highest BCUT2D eigenvalue weighted by Crippen LogP contribution is 2.32. The van der Waals surface area contributed by atoms with Gasteiger partial charge in [-0.05, 0) is 136 Å². The molecular formula is C35H38O6Si2. The predicted octanol–water partition coefficient (Wildman–Crippen LogP) is 8.70. The summed E-state index contributed by atoms with van der Waals surface area (Å²) in [7, 11) is -5.17. The van der Waals surface area contributed by atoms with Crippen LogP contribution in [0.4, 0.5) is 0 Å². The van der Waals surface area contributed by atoms with Gasteiger partial charge in [0.15, 0.2) is 5.60 Å². The van der Waals surface area contributed by atoms with Crippen LogP contribution in [0.2, 0.25) is 26.2 Å².